The van der Waals surface area contributed by atoms with Crippen molar-refractivity contribution >= 4 is 0 Å². The monoisotopic (exact) mass is 188 g/mol. The Morgan fingerprint density at radius 3 is 2.79 bits per heavy atom. The third-order valence-electron chi connectivity index (χ3n) is 1.86. The fraction of sp³-hybridized carbons (Fsp3) is 0. The van der Waals surface area contributed by atoms with E-state index in [1.165, 1.54) is 12.4 Å². The van der Waals surface area contributed by atoms with Crippen LogP contribution in [0.25, 0.3) is 11.3 Å². The SMILES string of the molecule is O=c1cc(-c2ccccc2O)nc[nH]1. The summed E-state index contributed by atoms with van der Waals surface area (Å²) in [5.41, 5.74) is 0.781. The summed E-state index contributed by atoms with van der Waals surface area (Å²) in [4.78, 5) is 17.4. The number of rotatable bonds is 1. The molecular formula is C10H8N2O2. The van der Waals surface area contributed by atoms with Gasteiger partial charge in [-0.25, -0.2) is 4.98 Å². The van der Waals surface area contributed by atoms with Crippen molar-refractivity contribution in [2.45, 2.75) is 0 Å². The average molecular weight is 188 g/mol. The first-order chi connectivity index (χ1) is 6.77. The molecule has 2 N–H and O–H groups in total. The van der Waals surface area contributed by atoms with Gasteiger partial charge < -0.3 is 10.1 Å². The minimum absolute atomic E-state index is 0.116. The largest absolute Gasteiger partial charge is 0.507 e. The zero-order chi connectivity index (χ0) is 9.97. The lowest BCUT2D eigenvalue weighted by atomic mass is 10.1. The number of aromatic nitrogens is 2. The van der Waals surface area contributed by atoms with Crippen molar-refractivity contribution in [1.29, 1.82) is 0 Å². The number of para-hydroxylation sites is 1. The van der Waals surface area contributed by atoms with Crippen LogP contribution in [0.2, 0.25) is 0 Å². The Morgan fingerprint density at radius 2 is 2.07 bits per heavy atom. The summed E-state index contributed by atoms with van der Waals surface area (Å²) in [6, 6.07) is 8.09. The van der Waals surface area contributed by atoms with Gasteiger partial charge in [-0.15, -0.1) is 0 Å². The molecule has 0 bridgehead atoms. The molecule has 0 atom stereocenters. The maximum Gasteiger partial charge on any atom is 0.251 e. The Morgan fingerprint density at radius 1 is 1.29 bits per heavy atom. The van der Waals surface area contributed by atoms with E-state index >= 15 is 0 Å². The standard InChI is InChI=1S/C10H8N2O2/c13-9-4-2-1-3-7(9)8-5-10(14)12-6-11-8/h1-6,13H,(H,11,12,14). The van der Waals surface area contributed by atoms with E-state index in [-0.39, 0.29) is 11.3 Å². The van der Waals surface area contributed by atoms with Gasteiger partial charge in [0.05, 0.1) is 12.0 Å². The molecule has 0 fully saturated rings. The molecule has 0 aliphatic carbocycles. The lowest BCUT2D eigenvalue weighted by molar-refractivity contribution is 0.477. The molecule has 2 rings (SSSR count). The zero-order valence-electron chi connectivity index (χ0n) is 7.27. The van der Waals surface area contributed by atoms with E-state index in [1.807, 2.05) is 0 Å². The molecule has 0 aliphatic rings. The first kappa shape index (κ1) is 8.50. The van der Waals surface area contributed by atoms with E-state index in [9.17, 15) is 9.90 Å². The van der Waals surface area contributed by atoms with Crippen molar-refractivity contribution in [3.05, 3.63) is 47.0 Å². The van der Waals surface area contributed by atoms with Gasteiger partial charge in [-0.1, -0.05) is 12.1 Å². The third kappa shape index (κ3) is 1.50. The van der Waals surface area contributed by atoms with Gasteiger partial charge in [0.2, 0.25) is 0 Å². The summed E-state index contributed by atoms with van der Waals surface area (Å²) in [7, 11) is 0. The number of phenolic OH excluding ortho intramolecular Hbond substituents is 1. The third-order valence-corrected chi connectivity index (χ3v) is 1.86. The van der Waals surface area contributed by atoms with E-state index in [1.54, 1.807) is 24.3 Å². The van der Waals surface area contributed by atoms with E-state index in [2.05, 4.69) is 9.97 Å². The Bertz CT molecular complexity index is 505. The highest BCUT2D eigenvalue weighted by Crippen LogP contribution is 2.25. The fourth-order valence-corrected chi connectivity index (χ4v) is 1.21. The molecule has 0 amide bonds. The summed E-state index contributed by atoms with van der Waals surface area (Å²) < 4.78 is 0. The molecule has 0 unspecified atom stereocenters. The van der Waals surface area contributed by atoms with Crippen LogP contribution in [-0.2, 0) is 0 Å². The second kappa shape index (κ2) is 3.33. The number of aromatic amines is 1. The predicted octanol–water partition coefficient (Wildman–Crippen LogP) is 1.14. The minimum Gasteiger partial charge on any atom is -0.507 e. The molecule has 1 aromatic heterocycles. The fourth-order valence-electron chi connectivity index (χ4n) is 1.21. The minimum atomic E-state index is -0.238. The highest BCUT2D eigenvalue weighted by Gasteiger charge is 2.03. The van der Waals surface area contributed by atoms with E-state index < -0.39 is 0 Å². The van der Waals surface area contributed by atoms with Gasteiger partial charge in [0.15, 0.2) is 0 Å². The van der Waals surface area contributed by atoms with Crippen molar-refractivity contribution in [3.63, 3.8) is 0 Å². The number of phenols is 1. The van der Waals surface area contributed by atoms with Gasteiger partial charge in [-0.05, 0) is 12.1 Å². The summed E-state index contributed by atoms with van der Waals surface area (Å²) >= 11 is 0. The quantitative estimate of drug-likeness (QED) is 0.705. The highest BCUT2D eigenvalue weighted by atomic mass is 16.3. The average Bonchev–Trinajstić information content (AvgIpc) is 2.18. The zero-order valence-corrected chi connectivity index (χ0v) is 7.27. The summed E-state index contributed by atoms with van der Waals surface area (Å²) in [6.45, 7) is 0. The smallest absolute Gasteiger partial charge is 0.251 e. The molecular weight excluding hydrogens is 180 g/mol. The van der Waals surface area contributed by atoms with Crippen LogP contribution in [0.1, 0.15) is 0 Å². The molecule has 4 nitrogen and oxygen atoms in total. The van der Waals surface area contributed by atoms with Crippen molar-refractivity contribution in [2.24, 2.45) is 0 Å². The molecule has 4 heteroatoms. The van der Waals surface area contributed by atoms with Crippen molar-refractivity contribution in [3.8, 4) is 17.0 Å². The summed E-state index contributed by atoms with van der Waals surface area (Å²) in [5.74, 6) is 0.116. The topological polar surface area (TPSA) is 66.0 Å². The van der Waals surface area contributed by atoms with E-state index in [0.717, 1.165) is 0 Å². The van der Waals surface area contributed by atoms with Crippen LogP contribution < -0.4 is 5.56 Å². The van der Waals surface area contributed by atoms with Gasteiger partial charge in [-0.2, -0.15) is 0 Å². The highest BCUT2D eigenvalue weighted by molar-refractivity contribution is 5.65. The van der Waals surface area contributed by atoms with Crippen molar-refractivity contribution in [2.75, 3.05) is 0 Å². The lowest BCUT2D eigenvalue weighted by Crippen LogP contribution is -2.04. The van der Waals surface area contributed by atoms with Crippen LogP contribution in [0.5, 0.6) is 5.75 Å². The van der Waals surface area contributed by atoms with Crippen molar-refractivity contribution in [1.82, 2.24) is 9.97 Å². The van der Waals surface area contributed by atoms with Crippen LogP contribution in [0, 0.1) is 0 Å². The number of nitrogens with one attached hydrogen (secondary N) is 1. The van der Waals surface area contributed by atoms with Crippen LogP contribution >= 0.6 is 0 Å². The van der Waals surface area contributed by atoms with Gasteiger partial charge in [0.1, 0.15) is 5.75 Å². The number of H-pyrrole nitrogens is 1. The molecule has 0 saturated heterocycles. The predicted molar refractivity (Wildman–Crippen MR) is 52.0 cm³/mol. The molecule has 0 spiro atoms. The van der Waals surface area contributed by atoms with Crippen molar-refractivity contribution < 1.29 is 5.11 Å². The van der Waals surface area contributed by atoms with Crippen LogP contribution in [-0.4, -0.2) is 15.1 Å². The molecule has 0 saturated carbocycles. The van der Waals surface area contributed by atoms with Crippen LogP contribution in [0.4, 0.5) is 0 Å². The summed E-state index contributed by atoms with van der Waals surface area (Å²) in [5, 5.41) is 9.50. The Kier molecular flexibility index (Phi) is 2.02. The second-order valence-corrected chi connectivity index (χ2v) is 2.81. The van der Waals surface area contributed by atoms with Crippen LogP contribution in [0.15, 0.2) is 41.5 Å². The number of nitrogens with zero attached hydrogens (tertiary/aromatic N) is 1. The van der Waals surface area contributed by atoms with E-state index in [4.69, 9.17) is 0 Å². The van der Waals surface area contributed by atoms with Gasteiger partial charge in [0.25, 0.3) is 5.56 Å². The maximum atomic E-state index is 11.0. The molecule has 1 heterocycles. The molecule has 14 heavy (non-hydrogen) atoms. The Hall–Kier alpha value is -2.10. The second-order valence-electron chi connectivity index (χ2n) is 2.81. The van der Waals surface area contributed by atoms with Crippen LogP contribution in [0.3, 0.4) is 0 Å². The number of benzene rings is 1. The Balaban J connectivity index is 2.61. The molecule has 2 aromatic rings. The van der Waals surface area contributed by atoms with Gasteiger partial charge in [-0.3, -0.25) is 4.79 Å². The lowest BCUT2D eigenvalue weighted by Gasteiger charge is -2.01. The van der Waals surface area contributed by atoms with Gasteiger partial charge >= 0.3 is 0 Å². The molecule has 70 valence electrons. The maximum absolute atomic E-state index is 11.0. The Labute approximate surface area is 79.9 Å². The van der Waals surface area contributed by atoms with Gasteiger partial charge in [0, 0.05) is 11.6 Å². The van der Waals surface area contributed by atoms with E-state index in [0.29, 0.717) is 11.3 Å². The number of hydrogen-bond donors (Lipinski definition) is 2. The summed E-state index contributed by atoms with van der Waals surface area (Å²) in [6.07, 6.45) is 1.31. The first-order valence-corrected chi connectivity index (χ1v) is 4.10. The molecule has 1 aromatic carbocycles. The molecule has 0 aliphatic heterocycles. The molecule has 0 radical (unpaired) electrons. The number of hydrogen-bond acceptors (Lipinski definition) is 3. The normalized spacial score (nSPS) is 10.0. The first-order valence-electron chi connectivity index (χ1n) is 4.10. The number of aromatic hydroxyl groups is 1.